The number of anilines is 3. The Kier molecular flexibility index (Phi) is 4.93. The lowest BCUT2D eigenvalue weighted by molar-refractivity contribution is 0.0985. The first-order valence-electron chi connectivity index (χ1n) is 8.94. The summed E-state index contributed by atoms with van der Waals surface area (Å²) in [6.07, 6.45) is 3.53. The molecule has 0 fully saturated rings. The molecular weight excluding hydrogens is 312 g/mol. The molecule has 1 aliphatic rings. The van der Waals surface area contributed by atoms with Crippen molar-refractivity contribution in [2.24, 2.45) is 0 Å². The molecule has 0 aliphatic carbocycles. The summed E-state index contributed by atoms with van der Waals surface area (Å²) in [6.45, 7) is 7.98. The Morgan fingerprint density at radius 1 is 1.32 bits per heavy atom. The highest BCUT2D eigenvalue weighted by molar-refractivity contribution is 6.07. The SMILES string of the molecule is CCN(c1ccc(C(=O)N2CCCc3c(N)cccc32)cn1)C(C)C. The maximum Gasteiger partial charge on any atom is 0.259 e. The summed E-state index contributed by atoms with van der Waals surface area (Å²) in [7, 11) is 0. The van der Waals surface area contributed by atoms with Crippen LogP contribution in [-0.2, 0) is 6.42 Å². The third-order valence-electron chi connectivity index (χ3n) is 4.79. The number of carbonyl (C=O) groups excluding carboxylic acids is 1. The minimum Gasteiger partial charge on any atom is -0.398 e. The van der Waals surface area contributed by atoms with Crippen molar-refractivity contribution in [3.8, 4) is 0 Å². The van der Waals surface area contributed by atoms with Crippen LogP contribution in [0, 0.1) is 0 Å². The van der Waals surface area contributed by atoms with E-state index in [2.05, 4.69) is 30.7 Å². The molecule has 1 aromatic heterocycles. The Morgan fingerprint density at radius 3 is 2.76 bits per heavy atom. The Hall–Kier alpha value is -2.56. The van der Waals surface area contributed by atoms with Gasteiger partial charge in [-0.3, -0.25) is 4.79 Å². The first-order chi connectivity index (χ1) is 12.0. The molecule has 5 heteroatoms. The molecule has 0 radical (unpaired) electrons. The lowest BCUT2D eigenvalue weighted by Crippen LogP contribution is -2.36. The zero-order valence-electron chi connectivity index (χ0n) is 15.2. The van der Waals surface area contributed by atoms with Crippen LogP contribution in [0.3, 0.4) is 0 Å². The van der Waals surface area contributed by atoms with Crippen molar-refractivity contribution < 1.29 is 4.79 Å². The Balaban J connectivity index is 1.87. The largest absolute Gasteiger partial charge is 0.398 e. The van der Waals surface area contributed by atoms with Gasteiger partial charge in [-0.15, -0.1) is 0 Å². The number of aromatic nitrogens is 1. The highest BCUT2D eigenvalue weighted by Gasteiger charge is 2.25. The average molecular weight is 338 g/mol. The summed E-state index contributed by atoms with van der Waals surface area (Å²) < 4.78 is 0. The average Bonchev–Trinajstić information content (AvgIpc) is 2.62. The van der Waals surface area contributed by atoms with Gasteiger partial charge in [0.1, 0.15) is 5.82 Å². The van der Waals surface area contributed by atoms with Crippen LogP contribution < -0.4 is 15.5 Å². The van der Waals surface area contributed by atoms with Gasteiger partial charge in [0.25, 0.3) is 5.91 Å². The molecule has 1 amide bonds. The Bertz CT molecular complexity index is 755. The molecule has 2 N–H and O–H groups in total. The van der Waals surface area contributed by atoms with Crippen molar-refractivity contribution in [1.29, 1.82) is 0 Å². The van der Waals surface area contributed by atoms with Crippen LogP contribution in [-0.4, -0.2) is 30.0 Å². The second-order valence-electron chi connectivity index (χ2n) is 6.69. The molecule has 0 saturated heterocycles. The molecule has 0 unspecified atom stereocenters. The number of nitrogen functional groups attached to an aromatic ring is 1. The molecule has 0 bridgehead atoms. The van der Waals surface area contributed by atoms with E-state index in [0.717, 1.165) is 42.1 Å². The van der Waals surface area contributed by atoms with Gasteiger partial charge in [-0.05, 0) is 63.4 Å². The number of pyridine rings is 1. The number of amides is 1. The van der Waals surface area contributed by atoms with Gasteiger partial charge in [-0.2, -0.15) is 0 Å². The quantitative estimate of drug-likeness (QED) is 0.867. The highest BCUT2D eigenvalue weighted by atomic mass is 16.2. The second kappa shape index (κ2) is 7.13. The molecule has 2 heterocycles. The van der Waals surface area contributed by atoms with Crippen molar-refractivity contribution >= 4 is 23.1 Å². The summed E-state index contributed by atoms with van der Waals surface area (Å²) in [5.74, 6) is 0.885. The zero-order valence-corrected chi connectivity index (χ0v) is 15.2. The van der Waals surface area contributed by atoms with E-state index in [1.165, 1.54) is 0 Å². The van der Waals surface area contributed by atoms with Crippen LogP contribution in [0.15, 0.2) is 36.5 Å². The fourth-order valence-corrected chi connectivity index (χ4v) is 3.49. The second-order valence-corrected chi connectivity index (χ2v) is 6.69. The Morgan fingerprint density at radius 2 is 2.12 bits per heavy atom. The van der Waals surface area contributed by atoms with Crippen molar-refractivity contribution in [1.82, 2.24) is 4.98 Å². The van der Waals surface area contributed by atoms with Gasteiger partial charge in [-0.25, -0.2) is 4.98 Å². The first kappa shape index (κ1) is 17.3. The fraction of sp³-hybridized carbons (Fsp3) is 0.400. The molecule has 3 rings (SSSR count). The summed E-state index contributed by atoms with van der Waals surface area (Å²) in [6, 6.07) is 9.95. The maximum absolute atomic E-state index is 13.0. The highest BCUT2D eigenvalue weighted by Crippen LogP contribution is 2.32. The van der Waals surface area contributed by atoms with Crippen molar-refractivity contribution in [2.75, 3.05) is 28.6 Å². The summed E-state index contributed by atoms with van der Waals surface area (Å²) in [5, 5.41) is 0. The van der Waals surface area contributed by atoms with E-state index in [4.69, 9.17) is 5.73 Å². The monoisotopic (exact) mass is 338 g/mol. The predicted molar refractivity (Wildman–Crippen MR) is 103 cm³/mol. The minimum absolute atomic E-state index is 0.0156. The van der Waals surface area contributed by atoms with E-state index in [9.17, 15) is 4.79 Å². The summed E-state index contributed by atoms with van der Waals surface area (Å²) >= 11 is 0. The number of rotatable bonds is 4. The lowest BCUT2D eigenvalue weighted by Gasteiger charge is -2.30. The molecule has 0 atom stereocenters. The van der Waals surface area contributed by atoms with Gasteiger partial charge in [0.15, 0.2) is 0 Å². The van der Waals surface area contributed by atoms with Crippen LogP contribution in [0.5, 0.6) is 0 Å². The number of benzene rings is 1. The zero-order chi connectivity index (χ0) is 18.0. The van der Waals surface area contributed by atoms with E-state index < -0.39 is 0 Å². The first-order valence-corrected chi connectivity index (χ1v) is 8.94. The van der Waals surface area contributed by atoms with Crippen LogP contribution >= 0.6 is 0 Å². The molecule has 1 aromatic carbocycles. The van der Waals surface area contributed by atoms with Crippen LogP contribution in [0.1, 0.15) is 43.1 Å². The topological polar surface area (TPSA) is 62.5 Å². The number of nitrogens with two attached hydrogens (primary N) is 1. The van der Waals surface area contributed by atoms with Gasteiger partial charge in [-0.1, -0.05) is 6.07 Å². The van der Waals surface area contributed by atoms with Crippen LogP contribution in [0.25, 0.3) is 0 Å². The van der Waals surface area contributed by atoms with E-state index in [1.807, 2.05) is 35.2 Å². The molecule has 0 spiro atoms. The number of carbonyl (C=O) groups is 1. The molecule has 1 aliphatic heterocycles. The molecule has 5 nitrogen and oxygen atoms in total. The maximum atomic E-state index is 13.0. The Labute approximate surface area is 149 Å². The van der Waals surface area contributed by atoms with Gasteiger partial charge in [0.05, 0.1) is 5.56 Å². The van der Waals surface area contributed by atoms with E-state index >= 15 is 0 Å². The number of fused-ring (bicyclic) bond motifs is 1. The number of hydrogen-bond acceptors (Lipinski definition) is 4. The van der Waals surface area contributed by atoms with E-state index in [-0.39, 0.29) is 5.91 Å². The third-order valence-corrected chi connectivity index (χ3v) is 4.79. The summed E-state index contributed by atoms with van der Waals surface area (Å²) in [5.41, 5.74) is 9.46. The van der Waals surface area contributed by atoms with Gasteiger partial charge in [0.2, 0.25) is 0 Å². The molecule has 2 aromatic rings. The predicted octanol–water partition coefficient (Wildman–Crippen LogP) is 3.49. The number of nitrogens with zero attached hydrogens (tertiary/aromatic N) is 3. The van der Waals surface area contributed by atoms with E-state index in [0.29, 0.717) is 18.2 Å². The van der Waals surface area contributed by atoms with Crippen molar-refractivity contribution in [3.63, 3.8) is 0 Å². The third kappa shape index (κ3) is 3.31. The standard InChI is InChI=1S/C20H26N4O/c1-4-23(14(2)3)19-11-10-15(13-22-19)20(25)24-12-6-7-16-17(21)8-5-9-18(16)24/h5,8-11,13-14H,4,6-7,12,21H2,1-3H3. The van der Waals surface area contributed by atoms with Crippen LogP contribution in [0.2, 0.25) is 0 Å². The number of hydrogen-bond donors (Lipinski definition) is 1. The van der Waals surface area contributed by atoms with Gasteiger partial charge in [0, 0.05) is 36.7 Å². The normalized spacial score (nSPS) is 13.7. The molecular formula is C20H26N4O. The van der Waals surface area contributed by atoms with E-state index in [1.54, 1.807) is 6.20 Å². The van der Waals surface area contributed by atoms with Crippen LogP contribution in [0.4, 0.5) is 17.2 Å². The van der Waals surface area contributed by atoms with Crippen molar-refractivity contribution in [3.05, 3.63) is 47.7 Å². The smallest absolute Gasteiger partial charge is 0.259 e. The lowest BCUT2D eigenvalue weighted by atomic mass is 9.99. The molecule has 132 valence electrons. The van der Waals surface area contributed by atoms with Gasteiger partial charge < -0.3 is 15.5 Å². The summed E-state index contributed by atoms with van der Waals surface area (Å²) in [4.78, 5) is 21.5. The molecule has 25 heavy (non-hydrogen) atoms. The fourth-order valence-electron chi connectivity index (χ4n) is 3.49. The van der Waals surface area contributed by atoms with Crippen molar-refractivity contribution in [2.45, 2.75) is 39.7 Å². The van der Waals surface area contributed by atoms with Gasteiger partial charge >= 0.3 is 0 Å². The molecule has 0 saturated carbocycles. The minimum atomic E-state index is -0.0156.